The van der Waals surface area contributed by atoms with Crippen molar-refractivity contribution in [3.63, 3.8) is 0 Å². The second kappa shape index (κ2) is 57.0. The second-order valence-electron chi connectivity index (χ2n) is 8.53. The standard InChI is InChI=1S/C11H15NO4.C10H12N2O3.3C2H4O2.4ClH.4H2N.H2O.2Pt/c13-9-6-7-10(14)12(9)8-4-2-1-3-5-11(15)16;11-8-15-7-3-1-2-6-12-9(13)4-5-10(12)14;3*1-2(3)4;;;;;;;;;;;/h6-7H,1-5,8H2,(H,15,16);4-5H,1-3,6-7H2;3*1H3,(H,3,4);4*1H;5*1H2;;/q;;;;;;;;;4*-1;;2*+4/p-4. The van der Waals surface area contributed by atoms with E-state index >= 15 is 0 Å². The maximum absolute atomic E-state index is 11.1. The van der Waals surface area contributed by atoms with E-state index in [4.69, 9.17) is 77.7 Å². The van der Waals surface area contributed by atoms with Crippen LogP contribution in [0.15, 0.2) is 24.3 Å². The summed E-state index contributed by atoms with van der Waals surface area (Å²) < 4.78 is 4.49. The Balaban J connectivity index is -0.0000000585. The number of hydrogen-bond donors (Lipinski definition) is 4. The Morgan fingerprint density at radius 2 is 0.852 bits per heavy atom. The first-order valence-electron chi connectivity index (χ1n) is 13.4. The van der Waals surface area contributed by atoms with Gasteiger partial charge >= 0.3 is 76.6 Å². The number of nitrogens with two attached hydrogens (primary N) is 4. The number of rotatable bonds is 13. The third kappa shape index (κ3) is 70.8. The maximum atomic E-state index is 11.1. The fourth-order valence-corrected chi connectivity index (χ4v) is 2.87. The number of hydrogen-bond acceptors (Lipinski definition) is 10. The smallest absolute Gasteiger partial charge is 0.693 e. The molecule has 0 aromatic rings. The molecule has 0 saturated carbocycles. The summed E-state index contributed by atoms with van der Waals surface area (Å²) in [6.07, 6.45) is 12.2. The van der Waals surface area contributed by atoms with Gasteiger partial charge in [-0.3, -0.25) is 48.2 Å². The maximum Gasteiger partial charge on any atom is -0.693 e. The van der Waals surface area contributed by atoms with E-state index in [0.29, 0.717) is 26.1 Å². The van der Waals surface area contributed by atoms with Crippen LogP contribution in [-0.2, 0) is 76.1 Å². The molecule has 0 radical (unpaired) electrons. The third-order valence-corrected chi connectivity index (χ3v) is 4.52. The Hall–Kier alpha value is -2.73. The molecule has 21 nitrogen and oxygen atoms in total. The summed E-state index contributed by atoms with van der Waals surface area (Å²) in [7, 11) is 19.5. The van der Waals surface area contributed by atoms with Crippen LogP contribution in [-0.4, -0.2) is 103 Å². The van der Waals surface area contributed by atoms with E-state index in [9.17, 15) is 24.0 Å². The molecule has 4 amide bonds. The average Bonchev–Trinajstić information content (AvgIpc) is 3.47. The van der Waals surface area contributed by atoms with Gasteiger partial charge in [0.15, 0.2) is 0 Å². The number of amides is 4. The van der Waals surface area contributed by atoms with Crippen LogP contribution >= 0.6 is 37.7 Å². The van der Waals surface area contributed by atoms with Crippen molar-refractivity contribution in [3.8, 4) is 6.26 Å². The molecule has 0 spiro atoms. The summed E-state index contributed by atoms with van der Waals surface area (Å²) in [5.74, 6) is -4.28. The zero-order valence-corrected chi connectivity index (χ0v) is 36.9. The first kappa shape index (κ1) is 76.1. The van der Waals surface area contributed by atoms with Crippen molar-refractivity contribution >= 4 is 85.2 Å². The van der Waals surface area contributed by atoms with Gasteiger partial charge in [0.1, 0.15) is 6.61 Å². The first-order valence-corrected chi connectivity index (χ1v) is 24.7. The molecule has 2 aliphatic heterocycles. The molecule has 54 heavy (non-hydrogen) atoms. The summed E-state index contributed by atoms with van der Waals surface area (Å²) in [6, 6.07) is 0. The number of unbranched alkanes of at least 4 members (excludes halogenated alkanes) is 5. The molecule has 0 atom stereocenters. The van der Waals surface area contributed by atoms with E-state index in [2.05, 4.69) is 4.74 Å². The molecule has 0 aromatic heterocycles. The molecule has 0 bridgehead atoms. The minimum Gasteiger partial charge on any atom is -0.693 e. The van der Waals surface area contributed by atoms with E-state index in [1.165, 1.54) is 34.1 Å². The minimum absolute atomic E-state index is 0. The first-order chi connectivity index (χ1) is 22.9. The van der Waals surface area contributed by atoms with Gasteiger partial charge in [-0.2, -0.15) is 5.26 Å². The largest absolute Gasteiger partial charge is 0.693 e. The van der Waals surface area contributed by atoms with Gasteiger partial charge < -0.3 is 55.2 Å². The number of aliphatic carboxylic acids is 4. The van der Waals surface area contributed by atoms with Crippen LogP contribution in [0.5, 0.6) is 0 Å². The van der Waals surface area contributed by atoms with E-state index < -0.39 is 56.8 Å². The molecule has 0 aromatic carbocycles. The topological polar surface area (TPSA) is 422 Å². The molecule has 0 fully saturated rings. The van der Waals surface area contributed by atoms with Crippen molar-refractivity contribution in [2.45, 2.75) is 72.1 Å². The number of ether oxygens (including phenoxy) is 1. The Labute approximate surface area is 347 Å². The fraction of sp³-hybridized carbons (Fsp3) is 0.519. The van der Waals surface area contributed by atoms with Crippen LogP contribution < -0.4 is 0 Å². The second-order valence-corrected chi connectivity index (χ2v) is 15.1. The zero-order valence-electron chi connectivity index (χ0n) is 29.3. The van der Waals surface area contributed by atoms with Gasteiger partial charge in [-0.1, -0.05) is 12.8 Å². The molecule has 14 N–H and O–H groups in total. The van der Waals surface area contributed by atoms with Crippen molar-refractivity contribution in [3.05, 3.63) is 48.9 Å². The zero-order chi connectivity index (χ0) is 39.2. The predicted molar refractivity (Wildman–Crippen MR) is 196 cm³/mol. The van der Waals surface area contributed by atoms with Crippen LogP contribution in [0.1, 0.15) is 72.1 Å². The number of carboxylic acids is 4. The minimum atomic E-state index is -0.833. The molecule has 2 heterocycles. The number of carboxylic acid groups (broad SMARTS) is 4. The molecule has 2 rings (SSSR count). The molecule has 27 heteroatoms. The van der Waals surface area contributed by atoms with Crippen LogP contribution in [0.4, 0.5) is 0 Å². The summed E-state index contributed by atoms with van der Waals surface area (Å²) in [5, 5.41) is 38.7. The van der Waals surface area contributed by atoms with Crippen LogP contribution in [0.2, 0.25) is 0 Å². The van der Waals surface area contributed by atoms with Crippen LogP contribution in [0.25, 0.3) is 24.6 Å². The van der Waals surface area contributed by atoms with E-state index in [0.717, 1.165) is 59.3 Å². The van der Waals surface area contributed by atoms with E-state index in [-0.39, 0.29) is 60.1 Å². The fourth-order valence-electron chi connectivity index (χ4n) is 2.87. The van der Waals surface area contributed by atoms with E-state index in [1.807, 2.05) is 0 Å². The molecule has 324 valence electrons. The molecular formula is C27H49Cl4N7O14Pt2. The van der Waals surface area contributed by atoms with Gasteiger partial charge in [0, 0.05) is 64.6 Å². The van der Waals surface area contributed by atoms with Crippen molar-refractivity contribution in [2.75, 3.05) is 19.7 Å². The number of nitriles is 1. The Morgan fingerprint density at radius 1 is 0.611 bits per heavy atom. The van der Waals surface area contributed by atoms with Gasteiger partial charge in [-0.15, -0.1) is 0 Å². The Bertz CT molecular complexity index is 1050. The number of halogens is 4. The SMILES string of the molecule is CC(=O)O.CC(=O)O.CC(=O)O.N#COCCCCCN1C(=O)C=CC1=O.O.O=C(O)CCCCCCN1C(=O)C=CC1=O.[Cl][Pt+2][Cl].[Cl][Pt+2][Cl].[NH2-].[NH2-].[NH2-].[NH2-]. The normalized spacial score (nSPS) is 10.6. The number of carbonyl (C=O) groups excluding carboxylic acids is 4. The summed E-state index contributed by atoms with van der Waals surface area (Å²) in [5.41, 5.74) is 0. The quantitative estimate of drug-likeness (QED) is 0.0858. The molecule has 0 unspecified atom stereocenters. The number of nitrogens with zero attached hydrogens (tertiary/aromatic N) is 3. The van der Waals surface area contributed by atoms with Crippen molar-refractivity contribution in [1.29, 1.82) is 5.26 Å². The summed E-state index contributed by atoms with van der Waals surface area (Å²) >= 11 is -0.944. The van der Waals surface area contributed by atoms with E-state index in [1.54, 1.807) is 6.26 Å². The molecule has 2 aliphatic rings. The van der Waals surface area contributed by atoms with Gasteiger partial charge in [0.05, 0.1) is 0 Å². The number of carbonyl (C=O) groups is 8. The van der Waals surface area contributed by atoms with Gasteiger partial charge in [-0.25, -0.2) is 0 Å². The molecular weight excluding hydrogens is 1180 g/mol. The van der Waals surface area contributed by atoms with Crippen LogP contribution in [0.3, 0.4) is 0 Å². The molecule has 0 saturated heterocycles. The summed E-state index contributed by atoms with van der Waals surface area (Å²) in [4.78, 5) is 84.1. The summed E-state index contributed by atoms with van der Waals surface area (Å²) in [6.45, 7) is 4.52. The van der Waals surface area contributed by atoms with Crippen molar-refractivity contribution in [2.24, 2.45) is 0 Å². The van der Waals surface area contributed by atoms with Gasteiger partial charge in [0.2, 0.25) is 0 Å². The number of imide groups is 2. The molecule has 0 aliphatic carbocycles. The van der Waals surface area contributed by atoms with Gasteiger partial charge in [-0.05, 0) is 32.1 Å². The predicted octanol–water partition coefficient (Wildman–Crippen LogP) is 6.60. The third-order valence-electron chi connectivity index (χ3n) is 4.52. The van der Waals surface area contributed by atoms with Crippen LogP contribution in [0, 0.1) is 11.5 Å². The van der Waals surface area contributed by atoms with Crippen molar-refractivity contribution < 1.29 is 102 Å². The van der Waals surface area contributed by atoms with Crippen molar-refractivity contribution in [1.82, 2.24) is 9.80 Å². The Kier molecular flexibility index (Phi) is 80.3. The Morgan fingerprint density at radius 3 is 1.09 bits per heavy atom. The van der Waals surface area contributed by atoms with Gasteiger partial charge in [0.25, 0.3) is 47.8 Å². The monoisotopic (exact) mass is 1230 g/mol. The average molecular weight is 1230 g/mol.